The van der Waals surface area contributed by atoms with Gasteiger partial charge in [-0.1, -0.05) is 0 Å². The van der Waals surface area contributed by atoms with Gasteiger partial charge in [0.05, 0.1) is 25.1 Å². The molecule has 0 aliphatic heterocycles. The summed E-state index contributed by atoms with van der Waals surface area (Å²) in [4.78, 5) is 0. The monoisotopic (exact) mass is 191 g/mol. The lowest BCUT2D eigenvalue weighted by Crippen LogP contribution is -2.17. The predicted octanol–water partition coefficient (Wildman–Crippen LogP) is 2.72. The van der Waals surface area contributed by atoms with E-state index in [2.05, 4.69) is 12.2 Å². The van der Waals surface area contributed by atoms with E-state index in [9.17, 15) is 0 Å². The van der Waals surface area contributed by atoms with Crippen molar-refractivity contribution in [3.8, 4) is 0 Å². The third kappa shape index (κ3) is 2.06. The van der Waals surface area contributed by atoms with Crippen molar-refractivity contribution >= 4 is 0 Å². The van der Waals surface area contributed by atoms with Crippen LogP contribution in [0.4, 0.5) is 0 Å². The van der Waals surface area contributed by atoms with E-state index >= 15 is 0 Å². The molecule has 74 valence electrons. The minimum Gasteiger partial charge on any atom is -0.468 e. The Kier molecular flexibility index (Phi) is 2.70. The van der Waals surface area contributed by atoms with E-state index in [-0.39, 0.29) is 6.04 Å². The molecule has 14 heavy (non-hydrogen) atoms. The van der Waals surface area contributed by atoms with Crippen molar-refractivity contribution in [1.82, 2.24) is 5.32 Å². The first-order valence-electron chi connectivity index (χ1n) is 4.65. The molecular formula is C11H13NO2. The Hall–Kier alpha value is -1.48. The summed E-state index contributed by atoms with van der Waals surface area (Å²) < 4.78 is 10.5. The van der Waals surface area contributed by atoms with Gasteiger partial charge in [-0.05, 0) is 31.2 Å². The fraction of sp³-hybridized carbons (Fsp3) is 0.273. The zero-order chi connectivity index (χ0) is 9.80. The molecule has 0 bridgehead atoms. The average molecular weight is 191 g/mol. The predicted molar refractivity (Wildman–Crippen MR) is 52.7 cm³/mol. The topological polar surface area (TPSA) is 38.3 Å². The standard InChI is InChI=1S/C11H13NO2/c1-9(11-5-3-7-14-11)12-8-10-4-2-6-13-10/h2-7,9,12H,8H2,1H3/t9-/m1/s1. The normalized spacial score (nSPS) is 12.9. The highest BCUT2D eigenvalue weighted by atomic mass is 16.3. The van der Waals surface area contributed by atoms with Gasteiger partial charge in [-0.25, -0.2) is 0 Å². The molecule has 0 spiro atoms. The van der Waals surface area contributed by atoms with E-state index in [0.717, 1.165) is 18.1 Å². The van der Waals surface area contributed by atoms with Crippen LogP contribution in [0.15, 0.2) is 45.6 Å². The highest BCUT2D eigenvalue weighted by Gasteiger charge is 2.07. The second-order valence-corrected chi connectivity index (χ2v) is 3.20. The summed E-state index contributed by atoms with van der Waals surface area (Å²) in [5, 5.41) is 3.30. The lowest BCUT2D eigenvalue weighted by Gasteiger charge is -2.09. The van der Waals surface area contributed by atoms with Crippen LogP contribution in [0.3, 0.4) is 0 Å². The average Bonchev–Trinajstić information content (AvgIpc) is 2.87. The molecule has 0 fully saturated rings. The van der Waals surface area contributed by atoms with Gasteiger partial charge in [-0.15, -0.1) is 0 Å². The number of hydrogen-bond acceptors (Lipinski definition) is 3. The maximum atomic E-state index is 5.27. The lowest BCUT2D eigenvalue weighted by molar-refractivity contribution is 0.407. The van der Waals surface area contributed by atoms with Gasteiger partial charge in [-0.3, -0.25) is 0 Å². The van der Waals surface area contributed by atoms with E-state index in [1.807, 2.05) is 24.3 Å². The Morgan fingerprint density at radius 1 is 1.21 bits per heavy atom. The first-order valence-corrected chi connectivity index (χ1v) is 4.65. The number of rotatable bonds is 4. The molecule has 0 radical (unpaired) electrons. The summed E-state index contributed by atoms with van der Waals surface area (Å²) >= 11 is 0. The molecule has 0 amide bonds. The summed E-state index contributed by atoms with van der Waals surface area (Å²) in [6.45, 7) is 2.77. The van der Waals surface area contributed by atoms with Crippen LogP contribution in [0, 0.1) is 0 Å². The third-order valence-electron chi connectivity index (χ3n) is 2.13. The summed E-state index contributed by atoms with van der Waals surface area (Å²) in [6.07, 6.45) is 3.36. The molecule has 0 aliphatic carbocycles. The van der Waals surface area contributed by atoms with E-state index in [1.54, 1.807) is 12.5 Å². The van der Waals surface area contributed by atoms with Crippen LogP contribution in [0.5, 0.6) is 0 Å². The van der Waals surface area contributed by atoms with Crippen molar-refractivity contribution in [3.63, 3.8) is 0 Å². The molecule has 1 atom stereocenters. The summed E-state index contributed by atoms with van der Waals surface area (Å²) in [7, 11) is 0. The van der Waals surface area contributed by atoms with Gasteiger partial charge in [0.2, 0.25) is 0 Å². The Balaban J connectivity index is 1.87. The van der Waals surface area contributed by atoms with Crippen molar-refractivity contribution in [2.75, 3.05) is 0 Å². The summed E-state index contributed by atoms with van der Waals surface area (Å²) in [6, 6.07) is 7.88. The maximum Gasteiger partial charge on any atom is 0.120 e. The van der Waals surface area contributed by atoms with Crippen LogP contribution in [0.25, 0.3) is 0 Å². The van der Waals surface area contributed by atoms with Crippen LogP contribution in [0.1, 0.15) is 24.5 Å². The second kappa shape index (κ2) is 4.15. The fourth-order valence-corrected chi connectivity index (χ4v) is 1.31. The second-order valence-electron chi connectivity index (χ2n) is 3.20. The van der Waals surface area contributed by atoms with Crippen molar-refractivity contribution < 1.29 is 8.83 Å². The van der Waals surface area contributed by atoms with E-state index in [4.69, 9.17) is 8.83 Å². The van der Waals surface area contributed by atoms with Gasteiger partial charge in [0.1, 0.15) is 11.5 Å². The Bertz CT molecular complexity index is 351. The van der Waals surface area contributed by atoms with Crippen LogP contribution in [0.2, 0.25) is 0 Å². The number of nitrogens with one attached hydrogen (secondary N) is 1. The van der Waals surface area contributed by atoms with Gasteiger partial charge < -0.3 is 14.2 Å². The zero-order valence-corrected chi connectivity index (χ0v) is 8.07. The molecule has 0 aliphatic rings. The minimum atomic E-state index is 0.204. The molecule has 1 N–H and O–H groups in total. The minimum absolute atomic E-state index is 0.204. The van der Waals surface area contributed by atoms with Gasteiger partial charge in [-0.2, -0.15) is 0 Å². The first-order chi connectivity index (χ1) is 6.86. The zero-order valence-electron chi connectivity index (χ0n) is 8.07. The lowest BCUT2D eigenvalue weighted by atomic mass is 10.2. The molecule has 3 heteroatoms. The molecule has 0 saturated heterocycles. The smallest absolute Gasteiger partial charge is 0.120 e. The molecule has 2 aromatic heterocycles. The van der Waals surface area contributed by atoms with Crippen LogP contribution in [-0.4, -0.2) is 0 Å². The highest BCUT2D eigenvalue weighted by molar-refractivity contribution is 5.04. The first kappa shape index (κ1) is 9.09. The quantitative estimate of drug-likeness (QED) is 0.807. The van der Waals surface area contributed by atoms with Gasteiger partial charge >= 0.3 is 0 Å². The van der Waals surface area contributed by atoms with Crippen LogP contribution < -0.4 is 5.32 Å². The van der Waals surface area contributed by atoms with Crippen molar-refractivity contribution in [3.05, 3.63) is 48.3 Å². The van der Waals surface area contributed by atoms with Crippen LogP contribution >= 0.6 is 0 Å². The largest absolute Gasteiger partial charge is 0.468 e. The molecule has 3 nitrogen and oxygen atoms in total. The van der Waals surface area contributed by atoms with Gasteiger partial charge in [0, 0.05) is 0 Å². The molecule has 2 aromatic rings. The number of furan rings is 2. The van der Waals surface area contributed by atoms with E-state index in [0.29, 0.717) is 0 Å². The van der Waals surface area contributed by atoms with Gasteiger partial charge in [0.15, 0.2) is 0 Å². The van der Waals surface area contributed by atoms with Gasteiger partial charge in [0.25, 0.3) is 0 Å². The maximum absolute atomic E-state index is 5.27. The molecular weight excluding hydrogens is 178 g/mol. The molecule has 0 saturated carbocycles. The fourth-order valence-electron chi connectivity index (χ4n) is 1.31. The van der Waals surface area contributed by atoms with Crippen molar-refractivity contribution in [2.24, 2.45) is 0 Å². The summed E-state index contributed by atoms with van der Waals surface area (Å²) in [5.74, 6) is 1.87. The third-order valence-corrected chi connectivity index (χ3v) is 2.13. The Morgan fingerprint density at radius 2 is 2.00 bits per heavy atom. The van der Waals surface area contributed by atoms with Crippen molar-refractivity contribution in [1.29, 1.82) is 0 Å². The molecule has 2 heterocycles. The van der Waals surface area contributed by atoms with E-state index < -0.39 is 0 Å². The van der Waals surface area contributed by atoms with Crippen LogP contribution in [-0.2, 0) is 6.54 Å². The Morgan fingerprint density at radius 3 is 2.64 bits per heavy atom. The molecule has 2 rings (SSSR count). The SMILES string of the molecule is C[C@@H](NCc1ccco1)c1ccco1. The molecule has 0 aromatic carbocycles. The molecule has 0 unspecified atom stereocenters. The highest BCUT2D eigenvalue weighted by Crippen LogP contribution is 2.13. The summed E-state index contributed by atoms with van der Waals surface area (Å²) in [5.41, 5.74) is 0. The number of hydrogen-bond donors (Lipinski definition) is 1. The van der Waals surface area contributed by atoms with Crippen molar-refractivity contribution in [2.45, 2.75) is 19.5 Å². The van der Waals surface area contributed by atoms with E-state index in [1.165, 1.54) is 0 Å². The Labute approximate surface area is 82.7 Å².